The van der Waals surface area contributed by atoms with E-state index in [0.29, 0.717) is 0 Å². The summed E-state index contributed by atoms with van der Waals surface area (Å²) in [6.07, 6.45) is 4.00. The number of phenols is 1. The molecule has 1 amide bonds. The highest BCUT2D eigenvalue weighted by Crippen LogP contribution is 2.33. The van der Waals surface area contributed by atoms with Crippen LogP contribution < -0.4 is 5.32 Å². The fourth-order valence-corrected chi connectivity index (χ4v) is 1.36. The minimum absolute atomic E-state index is 0.249. The second kappa shape index (κ2) is 4.53. The molecule has 0 unspecified atom stereocenters. The van der Waals surface area contributed by atoms with E-state index in [2.05, 4.69) is 10.3 Å². The fourth-order valence-electron chi connectivity index (χ4n) is 1.36. The molecule has 2 rings (SSSR count). The third-order valence-electron chi connectivity index (χ3n) is 2.19. The van der Waals surface area contributed by atoms with Crippen molar-refractivity contribution in [2.75, 3.05) is 5.32 Å². The van der Waals surface area contributed by atoms with E-state index in [0.717, 1.165) is 4.57 Å². The van der Waals surface area contributed by atoms with Gasteiger partial charge in [0.05, 0.1) is 4.92 Å². The number of para-hydroxylation sites is 1. The number of benzene rings is 1. The van der Waals surface area contributed by atoms with Gasteiger partial charge in [-0.1, -0.05) is 6.07 Å². The lowest BCUT2D eigenvalue weighted by atomic mass is 10.2. The summed E-state index contributed by atoms with van der Waals surface area (Å²) < 4.78 is 1.09. The summed E-state index contributed by atoms with van der Waals surface area (Å²) in [7, 11) is 0. The number of phenolic OH excluding ortho intramolecular Hbond substituents is 1. The smallest absolute Gasteiger partial charge is 0.331 e. The second-order valence-electron chi connectivity index (χ2n) is 3.33. The molecule has 0 aliphatic heterocycles. The molecule has 0 fully saturated rings. The molecule has 8 nitrogen and oxygen atoms in total. The molecule has 0 saturated carbocycles. The van der Waals surface area contributed by atoms with E-state index in [1.54, 1.807) is 0 Å². The van der Waals surface area contributed by atoms with Gasteiger partial charge in [-0.15, -0.1) is 0 Å². The van der Waals surface area contributed by atoms with Gasteiger partial charge in [0.1, 0.15) is 12.1 Å². The van der Waals surface area contributed by atoms with Crippen LogP contribution in [0.1, 0.15) is 0 Å². The lowest BCUT2D eigenvalue weighted by molar-refractivity contribution is -0.384. The Morgan fingerprint density at radius 1 is 1.50 bits per heavy atom. The van der Waals surface area contributed by atoms with Crippen molar-refractivity contribution in [3.8, 4) is 5.75 Å². The molecule has 0 aliphatic rings. The third kappa shape index (κ3) is 2.12. The molecule has 0 radical (unpaired) electrons. The highest BCUT2D eigenvalue weighted by Gasteiger charge is 2.19. The summed E-state index contributed by atoms with van der Waals surface area (Å²) in [4.78, 5) is 25.4. The maximum absolute atomic E-state index is 11.7. The van der Waals surface area contributed by atoms with E-state index in [4.69, 9.17) is 0 Å². The van der Waals surface area contributed by atoms with Crippen molar-refractivity contribution < 1.29 is 14.8 Å². The standard InChI is InChI=1S/C10H8N4O4/c15-8-3-1-2-7(14(17)18)9(8)12-10(16)13-5-4-11-6-13/h1-6,15H,(H,12,16). The first-order valence-electron chi connectivity index (χ1n) is 4.85. The number of carbonyl (C=O) groups is 1. The van der Waals surface area contributed by atoms with Crippen molar-refractivity contribution in [1.82, 2.24) is 9.55 Å². The molecule has 0 spiro atoms. The Labute approximate surface area is 101 Å². The average molecular weight is 248 g/mol. The summed E-state index contributed by atoms with van der Waals surface area (Å²) in [5.41, 5.74) is -0.635. The molecular formula is C10H8N4O4. The average Bonchev–Trinajstić information content (AvgIpc) is 2.85. The van der Waals surface area contributed by atoms with E-state index < -0.39 is 11.0 Å². The van der Waals surface area contributed by atoms with E-state index in [1.165, 1.54) is 36.9 Å². The van der Waals surface area contributed by atoms with Gasteiger partial charge in [0.25, 0.3) is 5.69 Å². The number of nitro benzene ring substituents is 1. The first-order chi connectivity index (χ1) is 8.59. The Kier molecular flexibility index (Phi) is 2.92. The number of nitro groups is 1. The van der Waals surface area contributed by atoms with Crippen LogP contribution >= 0.6 is 0 Å². The Hall–Kier alpha value is -2.90. The van der Waals surface area contributed by atoms with Gasteiger partial charge in [0.15, 0.2) is 5.69 Å². The van der Waals surface area contributed by atoms with Gasteiger partial charge < -0.3 is 5.11 Å². The maximum atomic E-state index is 11.7. The Morgan fingerprint density at radius 3 is 2.89 bits per heavy atom. The number of imidazole rings is 1. The molecule has 0 atom stereocenters. The van der Waals surface area contributed by atoms with Crippen LogP contribution in [0.2, 0.25) is 0 Å². The van der Waals surface area contributed by atoms with Crippen LogP contribution in [-0.2, 0) is 0 Å². The number of nitrogens with one attached hydrogen (secondary N) is 1. The summed E-state index contributed by atoms with van der Waals surface area (Å²) in [5.74, 6) is -0.377. The van der Waals surface area contributed by atoms with Gasteiger partial charge in [-0.3, -0.25) is 20.0 Å². The van der Waals surface area contributed by atoms with E-state index in [1.807, 2.05) is 0 Å². The molecule has 0 saturated heterocycles. The number of nitrogens with zero attached hydrogens (tertiary/aromatic N) is 3. The zero-order valence-electron chi connectivity index (χ0n) is 8.98. The number of hydrogen-bond acceptors (Lipinski definition) is 5. The number of aromatic nitrogens is 2. The van der Waals surface area contributed by atoms with Crippen molar-refractivity contribution in [2.24, 2.45) is 0 Å². The van der Waals surface area contributed by atoms with Gasteiger partial charge >= 0.3 is 6.03 Å². The van der Waals surface area contributed by atoms with Crippen molar-refractivity contribution in [1.29, 1.82) is 0 Å². The quantitative estimate of drug-likeness (QED) is 0.476. The molecular weight excluding hydrogens is 240 g/mol. The van der Waals surface area contributed by atoms with Crippen LogP contribution in [0.4, 0.5) is 16.2 Å². The summed E-state index contributed by atoms with van der Waals surface area (Å²) in [6, 6.07) is 3.09. The first-order valence-corrected chi connectivity index (χ1v) is 4.85. The van der Waals surface area contributed by atoms with E-state index >= 15 is 0 Å². The molecule has 1 aromatic heterocycles. The number of anilines is 1. The molecule has 0 bridgehead atoms. The largest absolute Gasteiger partial charge is 0.505 e. The van der Waals surface area contributed by atoms with Crippen molar-refractivity contribution in [3.05, 3.63) is 47.0 Å². The number of aromatic hydroxyl groups is 1. The molecule has 2 aromatic rings. The lowest BCUT2D eigenvalue weighted by Crippen LogP contribution is -2.18. The molecule has 0 aliphatic carbocycles. The third-order valence-corrected chi connectivity index (χ3v) is 2.19. The van der Waals surface area contributed by atoms with Gasteiger partial charge in [0, 0.05) is 18.5 Å². The second-order valence-corrected chi connectivity index (χ2v) is 3.33. The summed E-state index contributed by atoms with van der Waals surface area (Å²) >= 11 is 0. The van der Waals surface area contributed by atoms with Gasteiger partial charge in [-0.2, -0.15) is 0 Å². The lowest BCUT2D eigenvalue weighted by Gasteiger charge is -2.07. The Morgan fingerprint density at radius 2 is 2.28 bits per heavy atom. The minimum Gasteiger partial charge on any atom is -0.505 e. The molecule has 18 heavy (non-hydrogen) atoms. The van der Waals surface area contributed by atoms with Crippen molar-refractivity contribution in [2.45, 2.75) is 0 Å². The Bertz CT molecular complexity index is 594. The van der Waals surface area contributed by atoms with Crippen LogP contribution in [0.15, 0.2) is 36.9 Å². The van der Waals surface area contributed by atoms with Crippen LogP contribution in [0, 0.1) is 10.1 Å². The first kappa shape index (κ1) is 11.6. The zero-order valence-corrected chi connectivity index (χ0v) is 8.98. The Balaban J connectivity index is 2.34. The van der Waals surface area contributed by atoms with Crippen LogP contribution in [0.3, 0.4) is 0 Å². The molecule has 1 heterocycles. The summed E-state index contributed by atoms with van der Waals surface area (Å²) in [5, 5.41) is 22.6. The monoisotopic (exact) mass is 248 g/mol. The SMILES string of the molecule is O=C(Nc1c(O)cccc1[N+](=O)[O-])n1ccnc1. The van der Waals surface area contributed by atoms with Gasteiger partial charge in [-0.25, -0.2) is 9.78 Å². The zero-order chi connectivity index (χ0) is 13.1. The predicted octanol–water partition coefficient (Wildman–Crippen LogP) is 1.58. The van der Waals surface area contributed by atoms with Gasteiger partial charge in [-0.05, 0) is 6.07 Å². The van der Waals surface area contributed by atoms with Crippen LogP contribution in [-0.4, -0.2) is 25.6 Å². The van der Waals surface area contributed by atoms with E-state index in [9.17, 15) is 20.0 Å². The normalized spacial score (nSPS) is 10.0. The fraction of sp³-hybridized carbons (Fsp3) is 0. The molecule has 1 aromatic carbocycles. The number of amides is 1. The molecule has 92 valence electrons. The molecule has 2 N–H and O–H groups in total. The number of carbonyl (C=O) groups excluding carboxylic acids is 1. The number of rotatable bonds is 2. The number of hydrogen-bond donors (Lipinski definition) is 2. The van der Waals surface area contributed by atoms with Gasteiger partial charge in [0.2, 0.25) is 0 Å². The van der Waals surface area contributed by atoms with Crippen LogP contribution in [0.5, 0.6) is 5.75 Å². The summed E-state index contributed by atoms with van der Waals surface area (Å²) in [6.45, 7) is 0. The predicted molar refractivity (Wildman–Crippen MR) is 61.4 cm³/mol. The topological polar surface area (TPSA) is 110 Å². The van der Waals surface area contributed by atoms with Crippen molar-refractivity contribution in [3.63, 3.8) is 0 Å². The highest BCUT2D eigenvalue weighted by atomic mass is 16.6. The van der Waals surface area contributed by atoms with Crippen molar-refractivity contribution >= 4 is 17.4 Å². The van der Waals surface area contributed by atoms with Crippen LogP contribution in [0.25, 0.3) is 0 Å². The highest BCUT2D eigenvalue weighted by molar-refractivity contribution is 5.95. The molecule has 8 heteroatoms. The van der Waals surface area contributed by atoms with E-state index in [-0.39, 0.29) is 17.1 Å². The minimum atomic E-state index is -0.691. The maximum Gasteiger partial charge on any atom is 0.331 e.